The molecule has 0 spiro atoms. The third-order valence-corrected chi connectivity index (χ3v) is 3.50. The van der Waals surface area contributed by atoms with Crippen LogP contribution in [-0.4, -0.2) is 4.98 Å². The average molecular weight is 302 g/mol. The van der Waals surface area contributed by atoms with Crippen molar-refractivity contribution in [2.75, 3.05) is 0 Å². The van der Waals surface area contributed by atoms with E-state index in [0.717, 1.165) is 20.9 Å². The minimum atomic E-state index is -0.249. The molecule has 0 aliphatic heterocycles. The van der Waals surface area contributed by atoms with Gasteiger partial charge in [0.2, 0.25) is 0 Å². The summed E-state index contributed by atoms with van der Waals surface area (Å²) in [6.45, 7) is 0. The van der Waals surface area contributed by atoms with E-state index in [0.29, 0.717) is 5.56 Å². The van der Waals surface area contributed by atoms with Gasteiger partial charge in [0.1, 0.15) is 5.82 Å². The summed E-state index contributed by atoms with van der Waals surface area (Å²) in [6.07, 6.45) is 1.70. The van der Waals surface area contributed by atoms with Gasteiger partial charge in [0.15, 0.2) is 0 Å². The molecule has 3 rings (SSSR count). The Kier molecular flexibility index (Phi) is 2.84. The monoisotopic (exact) mass is 301 g/mol. The highest BCUT2D eigenvalue weighted by molar-refractivity contribution is 9.10. The standard InChI is InChI=1S/C15H9BrFN/c16-12-5-3-6-13(17)15(12)11-8-10-4-1-2-7-14(10)18-9-11/h1-9H. The molecule has 0 unspecified atom stereocenters. The second-order valence-electron chi connectivity index (χ2n) is 4.01. The van der Waals surface area contributed by atoms with Gasteiger partial charge in [-0.1, -0.05) is 40.2 Å². The van der Waals surface area contributed by atoms with E-state index >= 15 is 0 Å². The first-order chi connectivity index (χ1) is 8.75. The van der Waals surface area contributed by atoms with Gasteiger partial charge in [0.05, 0.1) is 5.52 Å². The van der Waals surface area contributed by atoms with Crippen molar-refractivity contribution in [1.82, 2.24) is 4.98 Å². The molecule has 0 aliphatic rings. The lowest BCUT2D eigenvalue weighted by Crippen LogP contribution is -1.88. The van der Waals surface area contributed by atoms with Crippen LogP contribution in [-0.2, 0) is 0 Å². The molecule has 0 saturated carbocycles. The smallest absolute Gasteiger partial charge is 0.132 e. The Morgan fingerprint density at radius 1 is 1.00 bits per heavy atom. The van der Waals surface area contributed by atoms with E-state index in [-0.39, 0.29) is 5.82 Å². The molecule has 0 radical (unpaired) electrons. The van der Waals surface area contributed by atoms with Gasteiger partial charge in [0, 0.05) is 27.2 Å². The van der Waals surface area contributed by atoms with E-state index in [4.69, 9.17) is 0 Å². The van der Waals surface area contributed by atoms with Crippen LogP contribution in [0.5, 0.6) is 0 Å². The molecule has 0 bridgehead atoms. The van der Waals surface area contributed by atoms with Crippen LogP contribution in [0.15, 0.2) is 59.2 Å². The van der Waals surface area contributed by atoms with Crippen molar-refractivity contribution >= 4 is 26.8 Å². The number of para-hydroxylation sites is 1. The molecule has 0 aliphatic carbocycles. The van der Waals surface area contributed by atoms with E-state index in [1.165, 1.54) is 6.07 Å². The second-order valence-corrected chi connectivity index (χ2v) is 4.87. The molecule has 88 valence electrons. The Morgan fingerprint density at radius 2 is 1.83 bits per heavy atom. The van der Waals surface area contributed by atoms with Crippen molar-refractivity contribution in [3.05, 3.63) is 65.0 Å². The molecule has 0 fully saturated rings. The van der Waals surface area contributed by atoms with Crippen LogP contribution in [0.4, 0.5) is 4.39 Å². The number of nitrogens with zero attached hydrogens (tertiary/aromatic N) is 1. The molecule has 3 aromatic rings. The molecule has 0 N–H and O–H groups in total. The summed E-state index contributed by atoms with van der Waals surface area (Å²) in [6, 6.07) is 14.7. The zero-order valence-electron chi connectivity index (χ0n) is 9.40. The SMILES string of the molecule is Fc1cccc(Br)c1-c1cnc2ccccc2c1. The maximum atomic E-state index is 13.9. The van der Waals surface area contributed by atoms with Crippen LogP contribution in [0, 0.1) is 5.82 Å². The number of rotatable bonds is 1. The van der Waals surface area contributed by atoms with Gasteiger partial charge in [0.25, 0.3) is 0 Å². The first-order valence-corrected chi connectivity index (χ1v) is 6.34. The quantitative estimate of drug-likeness (QED) is 0.629. The molecule has 0 atom stereocenters. The van der Waals surface area contributed by atoms with Crippen LogP contribution in [0.25, 0.3) is 22.0 Å². The van der Waals surface area contributed by atoms with Crippen molar-refractivity contribution in [1.29, 1.82) is 0 Å². The van der Waals surface area contributed by atoms with Crippen molar-refractivity contribution in [3.63, 3.8) is 0 Å². The van der Waals surface area contributed by atoms with Gasteiger partial charge in [-0.05, 0) is 24.3 Å². The number of aromatic nitrogens is 1. The molecule has 1 aromatic heterocycles. The van der Waals surface area contributed by atoms with Crippen LogP contribution in [0.1, 0.15) is 0 Å². The third kappa shape index (κ3) is 1.91. The van der Waals surface area contributed by atoms with Gasteiger partial charge in [-0.3, -0.25) is 4.98 Å². The van der Waals surface area contributed by atoms with Gasteiger partial charge in [-0.15, -0.1) is 0 Å². The summed E-state index contributed by atoms with van der Waals surface area (Å²) in [5.74, 6) is -0.249. The van der Waals surface area contributed by atoms with Crippen molar-refractivity contribution in [3.8, 4) is 11.1 Å². The zero-order valence-corrected chi connectivity index (χ0v) is 11.0. The topological polar surface area (TPSA) is 12.9 Å². The number of fused-ring (bicyclic) bond motifs is 1. The van der Waals surface area contributed by atoms with E-state index in [9.17, 15) is 4.39 Å². The number of hydrogen-bond acceptors (Lipinski definition) is 1. The molecule has 1 nitrogen and oxygen atoms in total. The highest BCUT2D eigenvalue weighted by Gasteiger charge is 2.09. The van der Waals surface area contributed by atoms with Gasteiger partial charge >= 0.3 is 0 Å². The molecule has 1 heterocycles. The van der Waals surface area contributed by atoms with Crippen molar-refractivity contribution in [2.45, 2.75) is 0 Å². The molecule has 0 saturated heterocycles. The number of hydrogen-bond donors (Lipinski definition) is 0. The average Bonchev–Trinajstić information content (AvgIpc) is 2.38. The Labute approximate surface area is 112 Å². The van der Waals surface area contributed by atoms with E-state index in [1.807, 2.05) is 36.4 Å². The summed E-state index contributed by atoms with van der Waals surface area (Å²) in [5, 5.41) is 1.00. The lowest BCUT2D eigenvalue weighted by molar-refractivity contribution is 0.630. The molecular formula is C15H9BrFN. The Bertz CT molecular complexity index is 704. The highest BCUT2D eigenvalue weighted by Crippen LogP contribution is 2.31. The summed E-state index contributed by atoms with van der Waals surface area (Å²) < 4.78 is 14.6. The van der Waals surface area contributed by atoms with Gasteiger partial charge in [-0.2, -0.15) is 0 Å². The fraction of sp³-hybridized carbons (Fsp3) is 0. The molecule has 18 heavy (non-hydrogen) atoms. The summed E-state index contributed by atoms with van der Waals surface area (Å²) >= 11 is 3.38. The second kappa shape index (κ2) is 4.50. The van der Waals surface area contributed by atoms with Gasteiger partial charge < -0.3 is 0 Å². The Balaban J connectivity index is 2.26. The first kappa shape index (κ1) is 11.4. The maximum Gasteiger partial charge on any atom is 0.132 e. The number of pyridine rings is 1. The summed E-state index contributed by atoms with van der Waals surface area (Å²) in [4.78, 5) is 4.35. The largest absolute Gasteiger partial charge is 0.256 e. The van der Waals surface area contributed by atoms with E-state index in [1.54, 1.807) is 12.3 Å². The first-order valence-electron chi connectivity index (χ1n) is 5.55. The lowest BCUT2D eigenvalue weighted by Gasteiger charge is -2.07. The molecular weight excluding hydrogens is 293 g/mol. The van der Waals surface area contributed by atoms with Crippen molar-refractivity contribution < 1.29 is 4.39 Å². The van der Waals surface area contributed by atoms with Crippen LogP contribution < -0.4 is 0 Å². The Morgan fingerprint density at radius 3 is 2.67 bits per heavy atom. The normalized spacial score (nSPS) is 10.8. The number of benzene rings is 2. The summed E-state index contributed by atoms with van der Waals surface area (Å²) in [5.41, 5.74) is 2.24. The number of halogens is 2. The minimum Gasteiger partial charge on any atom is -0.256 e. The van der Waals surface area contributed by atoms with Crippen LogP contribution >= 0.6 is 15.9 Å². The zero-order chi connectivity index (χ0) is 12.5. The fourth-order valence-corrected chi connectivity index (χ4v) is 2.55. The third-order valence-electron chi connectivity index (χ3n) is 2.84. The molecule has 2 aromatic carbocycles. The predicted octanol–water partition coefficient (Wildman–Crippen LogP) is 4.80. The van der Waals surface area contributed by atoms with Crippen LogP contribution in [0.3, 0.4) is 0 Å². The molecule has 3 heteroatoms. The van der Waals surface area contributed by atoms with E-state index in [2.05, 4.69) is 20.9 Å². The maximum absolute atomic E-state index is 13.9. The fourth-order valence-electron chi connectivity index (χ4n) is 1.98. The van der Waals surface area contributed by atoms with E-state index < -0.39 is 0 Å². The predicted molar refractivity (Wildman–Crippen MR) is 74.8 cm³/mol. The minimum absolute atomic E-state index is 0.249. The lowest BCUT2D eigenvalue weighted by atomic mass is 10.1. The highest BCUT2D eigenvalue weighted by atomic mass is 79.9. The van der Waals surface area contributed by atoms with Gasteiger partial charge in [-0.25, -0.2) is 4.39 Å². The Hall–Kier alpha value is -1.74. The van der Waals surface area contributed by atoms with Crippen LogP contribution in [0.2, 0.25) is 0 Å². The van der Waals surface area contributed by atoms with Crippen molar-refractivity contribution in [2.24, 2.45) is 0 Å². The summed E-state index contributed by atoms with van der Waals surface area (Å²) in [7, 11) is 0. The molecule has 0 amide bonds.